The van der Waals surface area contributed by atoms with E-state index in [4.69, 9.17) is 17.3 Å². The second kappa shape index (κ2) is 8.34. The van der Waals surface area contributed by atoms with Crippen LogP contribution in [0.3, 0.4) is 0 Å². The Morgan fingerprint density at radius 3 is 2.83 bits per heavy atom. The van der Waals surface area contributed by atoms with Gasteiger partial charge in [0.1, 0.15) is 0 Å². The van der Waals surface area contributed by atoms with E-state index in [2.05, 4.69) is 47.5 Å². The first-order chi connectivity index (χ1) is 14.4. The maximum atomic E-state index is 13.3. The van der Waals surface area contributed by atoms with Crippen LogP contribution in [0.15, 0.2) is 43.0 Å². The van der Waals surface area contributed by atoms with Crippen molar-refractivity contribution in [2.75, 3.05) is 13.1 Å². The summed E-state index contributed by atoms with van der Waals surface area (Å²) >= 11 is 5.64. The molecule has 1 aromatic carbocycles. The van der Waals surface area contributed by atoms with E-state index in [-0.39, 0.29) is 17.2 Å². The highest BCUT2D eigenvalue weighted by atomic mass is 32.1. The Morgan fingerprint density at radius 2 is 2.10 bits per heavy atom. The molecule has 4 rings (SSSR count). The predicted octanol–water partition coefficient (Wildman–Crippen LogP) is 4.28. The number of nitrogens with zero attached hydrogens (tertiary/aromatic N) is 3. The molecule has 1 aliphatic heterocycles. The Balaban J connectivity index is 1.74. The van der Waals surface area contributed by atoms with Gasteiger partial charge in [-0.1, -0.05) is 50.3 Å². The molecule has 1 atom stereocenters. The Hall–Kier alpha value is -2.47. The van der Waals surface area contributed by atoms with Crippen molar-refractivity contribution >= 4 is 23.1 Å². The van der Waals surface area contributed by atoms with Crippen LogP contribution in [0.1, 0.15) is 66.5 Å². The van der Waals surface area contributed by atoms with E-state index in [0.29, 0.717) is 24.6 Å². The number of carbonyl (C=O) groups excluding carboxylic acids is 1. The average Bonchev–Trinajstić information content (AvgIpc) is 3.31. The molecule has 2 heterocycles. The van der Waals surface area contributed by atoms with Gasteiger partial charge in [0.25, 0.3) is 0 Å². The molecule has 2 aliphatic rings. The number of rotatable bonds is 5. The zero-order valence-electron chi connectivity index (χ0n) is 17.9. The van der Waals surface area contributed by atoms with Gasteiger partial charge in [-0.05, 0) is 42.5 Å². The molecule has 1 fully saturated rings. The van der Waals surface area contributed by atoms with Gasteiger partial charge in [0, 0.05) is 19.5 Å². The molecule has 0 bridgehead atoms. The van der Waals surface area contributed by atoms with Crippen LogP contribution in [-0.4, -0.2) is 38.7 Å². The normalized spacial score (nSPS) is 20.1. The second-order valence-electron chi connectivity index (χ2n) is 9.12. The third-order valence-corrected chi connectivity index (χ3v) is 6.43. The highest BCUT2D eigenvalue weighted by Gasteiger charge is 2.40. The molecule has 1 saturated heterocycles. The number of ketones is 1. The molecule has 5 nitrogen and oxygen atoms in total. The molecular formula is C24H30N4OS. The molecule has 0 radical (unpaired) electrons. The smallest absolute Gasteiger partial charge is 0.169 e. The number of carbonyl (C=O) groups is 1. The Bertz CT molecular complexity index is 963. The fourth-order valence-corrected chi connectivity index (χ4v) is 5.02. The van der Waals surface area contributed by atoms with Crippen molar-refractivity contribution in [3.05, 3.63) is 65.5 Å². The first kappa shape index (κ1) is 20.8. The average molecular weight is 423 g/mol. The Morgan fingerprint density at radius 1 is 1.33 bits per heavy atom. The van der Waals surface area contributed by atoms with Crippen molar-refractivity contribution in [1.29, 1.82) is 0 Å². The number of thiocarbonyl (C=S) groups is 1. The third kappa shape index (κ3) is 4.06. The summed E-state index contributed by atoms with van der Waals surface area (Å²) in [4.78, 5) is 15.5. The second-order valence-corrected chi connectivity index (χ2v) is 9.50. The third-order valence-electron chi connectivity index (χ3n) is 6.05. The quantitative estimate of drug-likeness (QED) is 0.576. The lowest BCUT2D eigenvalue weighted by atomic mass is 9.75. The van der Waals surface area contributed by atoms with Gasteiger partial charge < -0.3 is 10.2 Å². The Kier molecular flexibility index (Phi) is 5.78. The van der Waals surface area contributed by atoms with Crippen LogP contribution in [0.5, 0.6) is 0 Å². The lowest BCUT2D eigenvalue weighted by Gasteiger charge is -2.30. The van der Waals surface area contributed by atoms with Gasteiger partial charge in [0.2, 0.25) is 0 Å². The van der Waals surface area contributed by atoms with Gasteiger partial charge in [-0.3, -0.25) is 9.48 Å². The van der Waals surface area contributed by atoms with E-state index in [1.807, 2.05) is 18.2 Å². The zero-order chi connectivity index (χ0) is 21.3. The molecule has 30 heavy (non-hydrogen) atoms. The summed E-state index contributed by atoms with van der Waals surface area (Å²) < 4.78 is 2.07. The maximum absolute atomic E-state index is 13.3. The van der Waals surface area contributed by atoms with E-state index < -0.39 is 0 Å². The fraction of sp³-hybridized carbons (Fsp3) is 0.458. The van der Waals surface area contributed by atoms with Gasteiger partial charge in [0.15, 0.2) is 10.9 Å². The van der Waals surface area contributed by atoms with Crippen molar-refractivity contribution in [3.8, 4) is 0 Å². The monoisotopic (exact) mass is 422 g/mol. The van der Waals surface area contributed by atoms with Gasteiger partial charge >= 0.3 is 0 Å². The van der Waals surface area contributed by atoms with Gasteiger partial charge in [-0.2, -0.15) is 5.10 Å². The summed E-state index contributed by atoms with van der Waals surface area (Å²) in [6.45, 7) is 10.3. The number of aromatic nitrogens is 2. The van der Waals surface area contributed by atoms with Crippen LogP contribution < -0.4 is 5.32 Å². The van der Waals surface area contributed by atoms with Gasteiger partial charge in [0.05, 0.1) is 29.5 Å². The summed E-state index contributed by atoms with van der Waals surface area (Å²) in [5, 5.41) is 9.00. The SMILES string of the molecule is C=CCNC(=S)N1CCC[C@H]1c1nn(Cc2ccccc2)c2c1C(=O)CC(C)(C)C2. The minimum absolute atomic E-state index is 0.0470. The molecular weight excluding hydrogens is 392 g/mol. The number of hydrogen-bond donors (Lipinski definition) is 1. The van der Waals surface area contributed by atoms with Crippen LogP contribution in [0, 0.1) is 5.41 Å². The van der Waals surface area contributed by atoms with Gasteiger partial charge in [-0.15, -0.1) is 6.58 Å². The van der Waals surface area contributed by atoms with Crippen molar-refractivity contribution in [1.82, 2.24) is 20.0 Å². The lowest BCUT2D eigenvalue weighted by molar-refractivity contribution is 0.0908. The molecule has 2 aromatic rings. The lowest BCUT2D eigenvalue weighted by Crippen LogP contribution is -2.40. The van der Waals surface area contributed by atoms with Crippen molar-refractivity contribution in [3.63, 3.8) is 0 Å². The van der Waals surface area contributed by atoms with Crippen LogP contribution in [-0.2, 0) is 13.0 Å². The maximum Gasteiger partial charge on any atom is 0.169 e. The van der Waals surface area contributed by atoms with Gasteiger partial charge in [-0.25, -0.2) is 0 Å². The summed E-state index contributed by atoms with van der Waals surface area (Å²) in [6, 6.07) is 10.4. The molecule has 0 unspecified atom stereocenters. The molecule has 0 amide bonds. The number of likely N-dealkylation sites (tertiary alicyclic amines) is 1. The standard InChI is InChI=1S/C24H30N4OS/c1-4-12-25-23(30)27-13-8-11-18(27)22-21-19(14-24(2,3)15-20(21)29)28(26-22)16-17-9-6-5-7-10-17/h4-7,9-10,18H,1,8,11-16H2,2-3H3,(H,25,30)/t18-/m0/s1. The number of nitrogens with one attached hydrogen (secondary N) is 1. The molecule has 1 N–H and O–H groups in total. The zero-order valence-corrected chi connectivity index (χ0v) is 18.7. The van der Waals surface area contributed by atoms with Crippen LogP contribution >= 0.6 is 12.2 Å². The molecule has 158 valence electrons. The largest absolute Gasteiger partial charge is 0.359 e. The minimum atomic E-state index is -0.0496. The summed E-state index contributed by atoms with van der Waals surface area (Å²) in [5.41, 5.74) is 3.96. The van der Waals surface area contributed by atoms with E-state index in [1.165, 1.54) is 5.56 Å². The van der Waals surface area contributed by atoms with E-state index in [1.54, 1.807) is 6.08 Å². The fourth-order valence-electron chi connectivity index (χ4n) is 4.72. The van der Waals surface area contributed by atoms with Crippen molar-refractivity contribution < 1.29 is 4.79 Å². The van der Waals surface area contributed by atoms with E-state index in [9.17, 15) is 4.79 Å². The van der Waals surface area contributed by atoms with Crippen molar-refractivity contribution in [2.24, 2.45) is 5.41 Å². The number of fused-ring (bicyclic) bond motifs is 1. The van der Waals surface area contributed by atoms with Crippen molar-refractivity contribution in [2.45, 2.75) is 52.1 Å². The molecule has 1 aliphatic carbocycles. The minimum Gasteiger partial charge on any atom is -0.359 e. The Labute approximate surface area is 184 Å². The summed E-state index contributed by atoms with van der Waals surface area (Å²) in [6.07, 6.45) is 5.23. The van der Waals surface area contributed by atoms with Crippen LogP contribution in [0.25, 0.3) is 0 Å². The highest BCUT2D eigenvalue weighted by molar-refractivity contribution is 7.80. The first-order valence-corrected chi connectivity index (χ1v) is 11.1. The molecule has 1 aromatic heterocycles. The number of benzene rings is 1. The first-order valence-electron chi connectivity index (χ1n) is 10.7. The summed E-state index contributed by atoms with van der Waals surface area (Å²) in [7, 11) is 0. The van der Waals surface area contributed by atoms with Crippen LogP contribution in [0.2, 0.25) is 0 Å². The number of Topliss-reactive ketones (excluding diaryl/α,β-unsaturated/α-hetero) is 1. The molecule has 0 saturated carbocycles. The van der Waals surface area contributed by atoms with E-state index in [0.717, 1.165) is 42.8 Å². The van der Waals surface area contributed by atoms with Crippen LogP contribution in [0.4, 0.5) is 0 Å². The topological polar surface area (TPSA) is 50.2 Å². The molecule has 0 spiro atoms. The van der Waals surface area contributed by atoms with E-state index >= 15 is 0 Å². The molecule has 6 heteroatoms. The number of hydrogen-bond acceptors (Lipinski definition) is 3. The highest BCUT2D eigenvalue weighted by Crippen LogP contribution is 2.41. The summed E-state index contributed by atoms with van der Waals surface area (Å²) in [5.74, 6) is 0.215. The predicted molar refractivity (Wildman–Crippen MR) is 124 cm³/mol.